The van der Waals surface area contributed by atoms with Crippen LogP contribution in [-0.4, -0.2) is 29.2 Å². The molecule has 5 heteroatoms. The van der Waals surface area contributed by atoms with Crippen LogP contribution in [0.15, 0.2) is 30.3 Å². The molecule has 4 nitrogen and oxygen atoms in total. The molecular weight excluding hydrogens is 236 g/mol. The van der Waals surface area contributed by atoms with Gasteiger partial charge in [0.15, 0.2) is 11.3 Å². The number of rotatable bonds is 6. The van der Waals surface area contributed by atoms with Crippen LogP contribution in [0.2, 0.25) is 0 Å². The summed E-state index contributed by atoms with van der Waals surface area (Å²) in [6.07, 6.45) is 2.13. The van der Waals surface area contributed by atoms with Gasteiger partial charge in [0.2, 0.25) is 5.91 Å². The molecule has 1 aromatic carbocycles. The maximum Gasteiger partial charge on any atom is 0.245 e. The number of benzene rings is 1. The summed E-state index contributed by atoms with van der Waals surface area (Å²) in [7, 11) is 0. The summed E-state index contributed by atoms with van der Waals surface area (Å²) in [6.45, 7) is 0. The van der Waals surface area contributed by atoms with Crippen LogP contribution in [0.5, 0.6) is 0 Å². The van der Waals surface area contributed by atoms with Crippen LogP contribution in [0.1, 0.15) is 16.8 Å². The van der Waals surface area contributed by atoms with Crippen LogP contribution in [0, 0.1) is 0 Å². The highest BCUT2D eigenvalue weighted by Crippen LogP contribution is 2.17. The molecule has 0 saturated heterocycles. The third-order valence-corrected chi connectivity index (χ3v) is 3.19. The molecule has 0 aliphatic carbocycles. The third kappa shape index (κ3) is 3.08. The number of carbonyl (C=O) groups is 2. The average molecular weight is 252 g/mol. The summed E-state index contributed by atoms with van der Waals surface area (Å²) in [5.41, 5.74) is 9.93. The van der Waals surface area contributed by atoms with Gasteiger partial charge >= 0.3 is 0 Å². The van der Waals surface area contributed by atoms with Gasteiger partial charge in [0.1, 0.15) is 0 Å². The van der Waals surface area contributed by atoms with Crippen molar-refractivity contribution in [2.24, 2.45) is 11.5 Å². The highest BCUT2D eigenvalue weighted by molar-refractivity contribution is 7.98. The number of thioether (sulfide) groups is 1. The summed E-state index contributed by atoms with van der Waals surface area (Å²) in [4.78, 5) is 23.6. The zero-order valence-electron chi connectivity index (χ0n) is 9.68. The van der Waals surface area contributed by atoms with Crippen molar-refractivity contribution in [2.45, 2.75) is 12.0 Å². The number of Topliss-reactive ketones (excluding diaryl/α,β-unsaturated/α-hetero) is 1. The molecule has 1 rings (SSSR count). The van der Waals surface area contributed by atoms with E-state index in [9.17, 15) is 9.59 Å². The van der Waals surface area contributed by atoms with Crippen molar-refractivity contribution >= 4 is 23.5 Å². The van der Waals surface area contributed by atoms with E-state index in [1.807, 2.05) is 6.26 Å². The second kappa shape index (κ2) is 5.84. The lowest BCUT2D eigenvalue weighted by Gasteiger charge is -2.24. The van der Waals surface area contributed by atoms with Gasteiger partial charge in [-0.15, -0.1) is 0 Å². The normalized spacial score (nSPS) is 14.0. The highest BCUT2D eigenvalue weighted by Gasteiger charge is 2.39. The van der Waals surface area contributed by atoms with E-state index in [-0.39, 0.29) is 6.42 Å². The first-order valence-corrected chi connectivity index (χ1v) is 6.59. The number of ketones is 1. The third-order valence-electron chi connectivity index (χ3n) is 2.58. The summed E-state index contributed by atoms with van der Waals surface area (Å²) in [5.74, 6) is -0.585. The molecule has 17 heavy (non-hydrogen) atoms. The van der Waals surface area contributed by atoms with E-state index in [2.05, 4.69) is 0 Å². The summed E-state index contributed by atoms with van der Waals surface area (Å²) >= 11 is 1.52. The van der Waals surface area contributed by atoms with E-state index in [4.69, 9.17) is 11.5 Å². The lowest BCUT2D eigenvalue weighted by atomic mass is 9.87. The van der Waals surface area contributed by atoms with Crippen LogP contribution in [0.25, 0.3) is 0 Å². The Balaban J connectivity index is 2.99. The first-order chi connectivity index (χ1) is 8.02. The second-order valence-corrected chi connectivity index (χ2v) is 4.76. The fourth-order valence-corrected chi connectivity index (χ4v) is 1.98. The van der Waals surface area contributed by atoms with E-state index in [0.29, 0.717) is 11.3 Å². The maximum atomic E-state index is 12.2. The molecule has 1 aromatic rings. The van der Waals surface area contributed by atoms with Gasteiger partial charge in [-0.05, 0) is 18.4 Å². The molecule has 0 bridgehead atoms. The predicted molar refractivity (Wildman–Crippen MR) is 69.9 cm³/mol. The monoisotopic (exact) mass is 252 g/mol. The topological polar surface area (TPSA) is 86.2 Å². The Hall–Kier alpha value is -1.33. The molecule has 4 N–H and O–H groups in total. The smallest absolute Gasteiger partial charge is 0.245 e. The Labute approximate surface area is 105 Å². The molecule has 0 fully saturated rings. The lowest BCUT2D eigenvalue weighted by Crippen LogP contribution is -2.58. The van der Waals surface area contributed by atoms with Crippen molar-refractivity contribution in [3.63, 3.8) is 0 Å². The number of nitrogens with two attached hydrogens (primary N) is 2. The van der Waals surface area contributed by atoms with Gasteiger partial charge in [0.05, 0.1) is 0 Å². The molecule has 0 aliphatic heterocycles. The van der Waals surface area contributed by atoms with Gasteiger partial charge in [-0.2, -0.15) is 11.8 Å². The number of hydrogen-bond donors (Lipinski definition) is 2. The molecule has 0 spiro atoms. The Bertz CT molecular complexity index is 408. The zero-order valence-corrected chi connectivity index (χ0v) is 10.5. The minimum absolute atomic E-state index is 0.247. The lowest BCUT2D eigenvalue weighted by molar-refractivity contribution is -0.121. The summed E-state index contributed by atoms with van der Waals surface area (Å²) in [6, 6.07) is 8.51. The Morgan fingerprint density at radius 1 is 1.29 bits per heavy atom. The van der Waals surface area contributed by atoms with Gasteiger partial charge in [-0.3, -0.25) is 9.59 Å². The van der Waals surface area contributed by atoms with E-state index in [1.54, 1.807) is 30.3 Å². The molecule has 0 heterocycles. The van der Waals surface area contributed by atoms with Gasteiger partial charge < -0.3 is 11.5 Å². The molecule has 0 unspecified atom stereocenters. The fourth-order valence-electron chi connectivity index (χ4n) is 1.46. The molecule has 0 aliphatic rings. The Morgan fingerprint density at radius 3 is 2.35 bits per heavy atom. The van der Waals surface area contributed by atoms with Gasteiger partial charge in [0.25, 0.3) is 0 Å². The molecule has 1 amide bonds. The van der Waals surface area contributed by atoms with E-state index >= 15 is 0 Å². The van der Waals surface area contributed by atoms with Crippen LogP contribution in [0.3, 0.4) is 0 Å². The van der Waals surface area contributed by atoms with Crippen LogP contribution in [0.4, 0.5) is 0 Å². The first kappa shape index (κ1) is 13.7. The second-order valence-electron chi connectivity index (χ2n) is 3.77. The molecule has 92 valence electrons. The quantitative estimate of drug-likeness (QED) is 0.579. The van der Waals surface area contributed by atoms with Crippen LogP contribution >= 0.6 is 11.8 Å². The number of amides is 1. The van der Waals surface area contributed by atoms with Crippen molar-refractivity contribution in [3.05, 3.63) is 35.9 Å². The molecule has 0 aromatic heterocycles. The zero-order chi connectivity index (χ0) is 12.9. The van der Waals surface area contributed by atoms with Crippen molar-refractivity contribution in [3.8, 4) is 0 Å². The van der Waals surface area contributed by atoms with E-state index in [1.165, 1.54) is 11.8 Å². The highest BCUT2D eigenvalue weighted by atomic mass is 32.2. The Kier molecular flexibility index (Phi) is 4.72. The van der Waals surface area contributed by atoms with E-state index < -0.39 is 17.2 Å². The van der Waals surface area contributed by atoms with Crippen LogP contribution < -0.4 is 11.5 Å². The minimum atomic E-state index is -1.61. The van der Waals surface area contributed by atoms with Gasteiger partial charge in [-0.25, -0.2) is 0 Å². The molecule has 1 atom stereocenters. The number of primary amides is 1. The Morgan fingerprint density at radius 2 is 1.88 bits per heavy atom. The standard InChI is InChI=1S/C12H16N2O2S/c1-17-8-7-12(14,11(13)16)10(15)9-5-3-2-4-6-9/h2-6H,7-8,14H2,1H3,(H2,13,16)/t12-/m1/s1. The van der Waals surface area contributed by atoms with Crippen molar-refractivity contribution in [1.29, 1.82) is 0 Å². The first-order valence-electron chi connectivity index (χ1n) is 5.20. The summed E-state index contributed by atoms with van der Waals surface area (Å²) < 4.78 is 0. The summed E-state index contributed by atoms with van der Waals surface area (Å²) in [5, 5.41) is 0. The van der Waals surface area contributed by atoms with Crippen molar-refractivity contribution < 1.29 is 9.59 Å². The van der Waals surface area contributed by atoms with E-state index in [0.717, 1.165) is 0 Å². The minimum Gasteiger partial charge on any atom is -0.368 e. The van der Waals surface area contributed by atoms with Crippen LogP contribution in [-0.2, 0) is 4.79 Å². The maximum absolute atomic E-state index is 12.2. The number of hydrogen-bond acceptors (Lipinski definition) is 4. The fraction of sp³-hybridized carbons (Fsp3) is 0.333. The SMILES string of the molecule is CSCC[C@](N)(C(N)=O)C(=O)c1ccccc1. The van der Waals surface area contributed by atoms with Crippen molar-refractivity contribution in [2.75, 3.05) is 12.0 Å². The molecule has 0 saturated carbocycles. The molecule has 0 radical (unpaired) electrons. The molecular formula is C12H16N2O2S. The predicted octanol–water partition coefficient (Wildman–Crippen LogP) is 0.805. The van der Waals surface area contributed by atoms with Gasteiger partial charge in [0, 0.05) is 5.56 Å². The largest absolute Gasteiger partial charge is 0.368 e. The van der Waals surface area contributed by atoms with Gasteiger partial charge in [-0.1, -0.05) is 30.3 Å². The average Bonchev–Trinajstić information content (AvgIpc) is 2.35. The number of carbonyl (C=O) groups excluding carboxylic acids is 2. The van der Waals surface area contributed by atoms with Crippen molar-refractivity contribution in [1.82, 2.24) is 0 Å².